The standard InChI is InChI=1S/C18H22N6O2/c19-14-7-10(3-5-21-14)1-2-11-8-13(16(26)15(11)25)24-6-4-12-17(20)22-9-23-18(12)24/h3-7,9,11,13,15-16,25-26H,1-2,8H2,(H2,19,21)(H2,20,22,23)/t11-,13+,15+,16-/m0/s1. The van der Waals surface area contributed by atoms with Crippen molar-refractivity contribution in [3.05, 3.63) is 42.5 Å². The number of hydrogen-bond donors (Lipinski definition) is 4. The molecule has 0 aromatic carbocycles. The van der Waals surface area contributed by atoms with Gasteiger partial charge in [0.1, 0.15) is 29.7 Å². The zero-order chi connectivity index (χ0) is 18.3. The van der Waals surface area contributed by atoms with Crippen LogP contribution in [-0.2, 0) is 6.42 Å². The van der Waals surface area contributed by atoms with Gasteiger partial charge in [-0.25, -0.2) is 15.0 Å². The molecule has 0 amide bonds. The van der Waals surface area contributed by atoms with Crippen molar-refractivity contribution in [2.75, 3.05) is 11.5 Å². The van der Waals surface area contributed by atoms with E-state index in [4.69, 9.17) is 11.5 Å². The van der Waals surface area contributed by atoms with Gasteiger partial charge in [-0.2, -0.15) is 0 Å². The highest BCUT2D eigenvalue weighted by atomic mass is 16.3. The molecule has 8 heteroatoms. The van der Waals surface area contributed by atoms with Crippen molar-refractivity contribution in [1.82, 2.24) is 19.5 Å². The maximum absolute atomic E-state index is 10.6. The van der Waals surface area contributed by atoms with Crippen molar-refractivity contribution in [2.24, 2.45) is 5.92 Å². The lowest BCUT2D eigenvalue weighted by molar-refractivity contribution is 0.00545. The van der Waals surface area contributed by atoms with Crippen LogP contribution in [0.3, 0.4) is 0 Å². The van der Waals surface area contributed by atoms with Gasteiger partial charge in [-0.05, 0) is 48.9 Å². The van der Waals surface area contributed by atoms with Crippen LogP contribution in [0.1, 0.15) is 24.4 Å². The third-order valence-electron chi connectivity index (χ3n) is 5.32. The first kappa shape index (κ1) is 16.7. The first-order chi connectivity index (χ1) is 12.5. The largest absolute Gasteiger partial charge is 0.390 e. The minimum Gasteiger partial charge on any atom is -0.390 e. The van der Waals surface area contributed by atoms with Crippen LogP contribution in [-0.4, -0.2) is 41.9 Å². The summed E-state index contributed by atoms with van der Waals surface area (Å²) in [6.07, 6.45) is 5.51. The molecular formula is C18H22N6O2. The molecule has 8 nitrogen and oxygen atoms in total. The van der Waals surface area contributed by atoms with Gasteiger partial charge in [0.05, 0.1) is 17.5 Å². The molecule has 0 aliphatic heterocycles. The Morgan fingerprint density at radius 3 is 2.77 bits per heavy atom. The van der Waals surface area contributed by atoms with Crippen LogP contribution in [0.5, 0.6) is 0 Å². The normalized spacial score (nSPS) is 25.8. The third-order valence-corrected chi connectivity index (χ3v) is 5.32. The molecule has 0 radical (unpaired) electrons. The molecule has 4 rings (SSSR count). The molecule has 3 heterocycles. The summed E-state index contributed by atoms with van der Waals surface area (Å²) < 4.78 is 1.89. The molecule has 6 N–H and O–H groups in total. The fraction of sp³-hybridized carbons (Fsp3) is 0.389. The lowest BCUT2D eigenvalue weighted by Gasteiger charge is -2.19. The van der Waals surface area contributed by atoms with Crippen molar-refractivity contribution in [3.63, 3.8) is 0 Å². The molecule has 0 spiro atoms. The van der Waals surface area contributed by atoms with E-state index in [1.165, 1.54) is 6.33 Å². The summed E-state index contributed by atoms with van der Waals surface area (Å²) in [6.45, 7) is 0. The lowest BCUT2D eigenvalue weighted by atomic mass is 9.96. The summed E-state index contributed by atoms with van der Waals surface area (Å²) >= 11 is 0. The van der Waals surface area contributed by atoms with Crippen LogP contribution >= 0.6 is 0 Å². The average Bonchev–Trinajstić information content (AvgIpc) is 3.17. The summed E-state index contributed by atoms with van der Waals surface area (Å²) in [5.41, 5.74) is 13.4. The van der Waals surface area contributed by atoms with Gasteiger partial charge >= 0.3 is 0 Å². The number of aliphatic hydroxyl groups is 2. The summed E-state index contributed by atoms with van der Waals surface area (Å²) in [6, 6.07) is 5.36. The Morgan fingerprint density at radius 1 is 1.12 bits per heavy atom. The van der Waals surface area contributed by atoms with E-state index in [0.717, 1.165) is 23.8 Å². The summed E-state index contributed by atoms with van der Waals surface area (Å²) in [5, 5.41) is 21.9. The molecule has 3 aromatic rings. The van der Waals surface area contributed by atoms with Crippen molar-refractivity contribution < 1.29 is 10.2 Å². The van der Waals surface area contributed by atoms with Gasteiger partial charge in [-0.1, -0.05) is 0 Å². The predicted molar refractivity (Wildman–Crippen MR) is 98.1 cm³/mol. The number of pyridine rings is 1. The summed E-state index contributed by atoms with van der Waals surface area (Å²) in [5.74, 6) is 0.887. The predicted octanol–water partition coefficient (Wildman–Crippen LogP) is 0.906. The highest BCUT2D eigenvalue weighted by Gasteiger charge is 2.42. The van der Waals surface area contributed by atoms with Gasteiger partial charge < -0.3 is 26.2 Å². The fourth-order valence-electron chi connectivity index (χ4n) is 3.92. The number of aliphatic hydroxyl groups excluding tert-OH is 2. The number of anilines is 2. The molecule has 0 unspecified atom stereocenters. The Labute approximate surface area is 150 Å². The van der Waals surface area contributed by atoms with Crippen LogP contribution < -0.4 is 11.5 Å². The lowest BCUT2D eigenvalue weighted by Crippen LogP contribution is -2.29. The minimum absolute atomic E-state index is 0.0129. The second-order valence-corrected chi connectivity index (χ2v) is 6.89. The van der Waals surface area contributed by atoms with Crippen LogP contribution in [0.2, 0.25) is 0 Å². The molecule has 0 saturated heterocycles. The smallest absolute Gasteiger partial charge is 0.145 e. The Kier molecular flexibility index (Phi) is 4.21. The molecule has 0 bridgehead atoms. The maximum Gasteiger partial charge on any atom is 0.145 e. The Hall–Kier alpha value is -2.71. The van der Waals surface area contributed by atoms with E-state index in [9.17, 15) is 10.2 Å². The Balaban J connectivity index is 1.53. The fourth-order valence-corrected chi connectivity index (χ4v) is 3.92. The molecule has 4 atom stereocenters. The number of aromatic nitrogens is 4. The highest BCUT2D eigenvalue weighted by Crippen LogP contribution is 2.39. The van der Waals surface area contributed by atoms with Gasteiger partial charge in [0, 0.05) is 12.4 Å². The van der Waals surface area contributed by atoms with Gasteiger partial charge in [-0.3, -0.25) is 0 Å². The number of fused-ring (bicyclic) bond motifs is 1. The van der Waals surface area contributed by atoms with Crippen molar-refractivity contribution in [3.8, 4) is 0 Å². The minimum atomic E-state index is -0.853. The topological polar surface area (TPSA) is 136 Å². The first-order valence-corrected chi connectivity index (χ1v) is 8.68. The molecule has 1 aliphatic rings. The summed E-state index contributed by atoms with van der Waals surface area (Å²) in [7, 11) is 0. The monoisotopic (exact) mass is 354 g/mol. The Bertz CT molecular complexity index is 927. The number of nitrogen functional groups attached to an aromatic ring is 2. The molecule has 1 saturated carbocycles. The van der Waals surface area contributed by atoms with E-state index in [1.807, 2.05) is 29.0 Å². The summed E-state index contributed by atoms with van der Waals surface area (Å²) in [4.78, 5) is 12.3. The highest BCUT2D eigenvalue weighted by molar-refractivity contribution is 5.86. The number of hydrogen-bond acceptors (Lipinski definition) is 7. The van der Waals surface area contributed by atoms with Crippen molar-refractivity contribution in [2.45, 2.75) is 37.5 Å². The van der Waals surface area contributed by atoms with Crippen molar-refractivity contribution in [1.29, 1.82) is 0 Å². The van der Waals surface area contributed by atoms with E-state index < -0.39 is 12.2 Å². The van der Waals surface area contributed by atoms with Gasteiger partial charge in [0.25, 0.3) is 0 Å². The average molecular weight is 354 g/mol. The van der Waals surface area contributed by atoms with Crippen LogP contribution in [0.15, 0.2) is 36.9 Å². The van der Waals surface area contributed by atoms with Gasteiger partial charge in [0.2, 0.25) is 0 Å². The molecule has 136 valence electrons. The van der Waals surface area contributed by atoms with Crippen LogP contribution in [0.25, 0.3) is 11.0 Å². The third kappa shape index (κ3) is 2.87. The van der Waals surface area contributed by atoms with E-state index in [0.29, 0.717) is 23.7 Å². The second-order valence-electron chi connectivity index (χ2n) is 6.89. The van der Waals surface area contributed by atoms with E-state index in [2.05, 4.69) is 15.0 Å². The molecule has 1 aliphatic carbocycles. The molecule has 26 heavy (non-hydrogen) atoms. The zero-order valence-corrected chi connectivity index (χ0v) is 14.2. The second kappa shape index (κ2) is 6.54. The van der Waals surface area contributed by atoms with Crippen LogP contribution in [0, 0.1) is 5.92 Å². The number of aryl methyl sites for hydroxylation is 1. The maximum atomic E-state index is 10.6. The molecule has 3 aromatic heterocycles. The number of nitrogens with two attached hydrogens (primary N) is 2. The van der Waals surface area contributed by atoms with E-state index in [1.54, 1.807) is 6.20 Å². The van der Waals surface area contributed by atoms with Gasteiger partial charge in [0.15, 0.2) is 0 Å². The Morgan fingerprint density at radius 2 is 1.96 bits per heavy atom. The number of nitrogens with zero attached hydrogens (tertiary/aromatic N) is 4. The van der Waals surface area contributed by atoms with Gasteiger partial charge in [-0.15, -0.1) is 0 Å². The van der Waals surface area contributed by atoms with E-state index >= 15 is 0 Å². The first-order valence-electron chi connectivity index (χ1n) is 8.68. The number of rotatable bonds is 4. The SMILES string of the molecule is Nc1cc(CC[C@H]2C[C@@H](n3ccc4c(N)ncnc43)[C@H](O)[C@@H]2O)ccn1. The zero-order valence-electron chi connectivity index (χ0n) is 14.2. The quantitative estimate of drug-likeness (QED) is 0.546. The van der Waals surface area contributed by atoms with Crippen LogP contribution in [0.4, 0.5) is 11.6 Å². The molecular weight excluding hydrogens is 332 g/mol. The molecule has 1 fully saturated rings. The van der Waals surface area contributed by atoms with Crippen molar-refractivity contribution >= 4 is 22.7 Å². The van der Waals surface area contributed by atoms with E-state index in [-0.39, 0.29) is 12.0 Å².